The van der Waals surface area contributed by atoms with Crippen LogP contribution in [0.5, 0.6) is 0 Å². The SMILES string of the molecule is CCCC(=O)C1=C(O)C(C)(C)C(O)=C2CC3=C(O)[C@H](C)C(O)=C(C(=O)CCC)[C@]3(O)O[C@H]21. The van der Waals surface area contributed by atoms with Crippen LogP contribution in [-0.2, 0) is 14.3 Å². The van der Waals surface area contributed by atoms with Crippen LogP contribution in [0.3, 0.4) is 0 Å². The Morgan fingerprint density at radius 1 is 0.969 bits per heavy atom. The number of hydrogen-bond donors (Lipinski definition) is 5. The van der Waals surface area contributed by atoms with Crippen molar-refractivity contribution in [1.82, 2.24) is 0 Å². The van der Waals surface area contributed by atoms with E-state index in [0.717, 1.165) is 0 Å². The van der Waals surface area contributed by atoms with E-state index in [2.05, 4.69) is 0 Å². The van der Waals surface area contributed by atoms with Gasteiger partial charge < -0.3 is 30.3 Å². The number of rotatable bonds is 6. The molecule has 3 rings (SSSR count). The number of ketones is 2. The molecule has 3 atom stereocenters. The zero-order valence-corrected chi connectivity index (χ0v) is 19.2. The summed E-state index contributed by atoms with van der Waals surface area (Å²) in [4.78, 5) is 25.8. The third-order valence-electron chi connectivity index (χ3n) is 6.64. The molecule has 3 aliphatic rings. The lowest BCUT2D eigenvalue weighted by atomic mass is 9.69. The van der Waals surface area contributed by atoms with E-state index in [1.165, 1.54) is 6.92 Å². The molecule has 1 aliphatic heterocycles. The first-order valence-corrected chi connectivity index (χ1v) is 11.0. The van der Waals surface area contributed by atoms with E-state index in [4.69, 9.17) is 4.74 Å². The maximum absolute atomic E-state index is 12.9. The van der Waals surface area contributed by atoms with Crippen LogP contribution in [0.1, 0.15) is 66.7 Å². The zero-order valence-electron chi connectivity index (χ0n) is 19.2. The minimum atomic E-state index is -2.50. The molecule has 2 aliphatic carbocycles. The quantitative estimate of drug-likeness (QED) is 0.408. The molecule has 0 unspecified atom stereocenters. The van der Waals surface area contributed by atoms with Gasteiger partial charge in [-0.2, -0.15) is 0 Å². The summed E-state index contributed by atoms with van der Waals surface area (Å²) in [5, 5.41) is 54.9. The minimum absolute atomic E-state index is 0.0280. The van der Waals surface area contributed by atoms with Crippen molar-refractivity contribution in [3.05, 3.63) is 45.3 Å². The second kappa shape index (κ2) is 8.08. The first kappa shape index (κ1) is 24.1. The number of carbonyl (C=O) groups excluding carboxylic acids is 2. The van der Waals surface area contributed by atoms with Crippen LogP contribution < -0.4 is 0 Å². The second-order valence-corrected chi connectivity index (χ2v) is 9.27. The van der Waals surface area contributed by atoms with Crippen LogP contribution >= 0.6 is 0 Å². The summed E-state index contributed by atoms with van der Waals surface area (Å²) in [7, 11) is 0. The standard InChI is InChI=1S/C24H32O8/c1-6-8-14(25)16-20-12(21(29)23(4,5)22(16)30)10-13-18(27)11(3)19(28)17(15(26)9-7-2)24(13,31)32-20/h11,20,27-31H,6-10H2,1-5H3/t11-,20+,24+/m0/s1. The Kier molecular flexibility index (Phi) is 6.08. The van der Waals surface area contributed by atoms with Gasteiger partial charge in [-0.3, -0.25) is 9.59 Å². The summed E-state index contributed by atoms with van der Waals surface area (Å²) in [6.07, 6.45) is -0.443. The van der Waals surface area contributed by atoms with Gasteiger partial charge in [-0.1, -0.05) is 13.8 Å². The van der Waals surface area contributed by atoms with Crippen LogP contribution in [0.15, 0.2) is 45.3 Å². The van der Waals surface area contributed by atoms with Gasteiger partial charge in [-0.05, 0) is 33.6 Å². The summed E-state index contributed by atoms with van der Waals surface area (Å²) in [5.74, 6) is -5.89. The van der Waals surface area contributed by atoms with E-state index in [-0.39, 0.29) is 58.8 Å². The van der Waals surface area contributed by atoms with Gasteiger partial charge in [0.25, 0.3) is 0 Å². The summed E-state index contributed by atoms with van der Waals surface area (Å²) < 4.78 is 5.91. The molecule has 32 heavy (non-hydrogen) atoms. The van der Waals surface area contributed by atoms with Gasteiger partial charge in [0.2, 0.25) is 5.79 Å². The van der Waals surface area contributed by atoms with Crippen molar-refractivity contribution in [3.63, 3.8) is 0 Å². The Balaban J connectivity index is 2.25. The van der Waals surface area contributed by atoms with E-state index in [1.54, 1.807) is 27.7 Å². The van der Waals surface area contributed by atoms with E-state index in [9.17, 15) is 35.1 Å². The highest BCUT2D eigenvalue weighted by Gasteiger charge is 2.58. The molecule has 0 saturated carbocycles. The van der Waals surface area contributed by atoms with Crippen LogP contribution in [-0.4, -0.2) is 49.0 Å². The van der Waals surface area contributed by atoms with Crippen LogP contribution in [0, 0.1) is 11.3 Å². The largest absolute Gasteiger partial charge is 0.511 e. The predicted molar refractivity (Wildman–Crippen MR) is 116 cm³/mol. The number of fused-ring (bicyclic) bond motifs is 2. The maximum Gasteiger partial charge on any atom is 0.227 e. The van der Waals surface area contributed by atoms with Crippen LogP contribution in [0.25, 0.3) is 0 Å². The molecule has 1 heterocycles. The highest BCUT2D eigenvalue weighted by atomic mass is 16.6. The first-order chi connectivity index (χ1) is 14.8. The lowest BCUT2D eigenvalue weighted by Crippen LogP contribution is -2.53. The third kappa shape index (κ3) is 3.28. The van der Waals surface area contributed by atoms with Crippen molar-refractivity contribution in [1.29, 1.82) is 0 Å². The van der Waals surface area contributed by atoms with Crippen molar-refractivity contribution in [2.24, 2.45) is 11.3 Å². The van der Waals surface area contributed by atoms with Crippen molar-refractivity contribution >= 4 is 11.6 Å². The normalized spacial score (nSPS) is 29.8. The summed E-state index contributed by atoms with van der Waals surface area (Å²) in [5.41, 5.74) is -1.62. The van der Waals surface area contributed by atoms with Crippen molar-refractivity contribution < 1.29 is 39.9 Å². The summed E-state index contributed by atoms with van der Waals surface area (Å²) in [6, 6.07) is 0. The van der Waals surface area contributed by atoms with Crippen molar-refractivity contribution in [3.8, 4) is 0 Å². The fourth-order valence-electron chi connectivity index (χ4n) is 4.71. The molecule has 0 aromatic rings. The Hall–Kier alpha value is -2.58. The maximum atomic E-state index is 12.9. The Morgan fingerprint density at radius 2 is 1.53 bits per heavy atom. The molecule has 0 radical (unpaired) electrons. The first-order valence-electron chi connectivity index (χ1n) is 11.0. The number of aliphatic hydroxyl groups is 5. The van der Waals surface area contributed by atoms with E-state index < -0.39 is 40.5 Å². The fraction of sp³-hybridized carbons (Fsp3) is 0.583. The molecular weight excluding hydrogens is 416 g/mol. The highest BCUT2D eigenvalue weighted by Crippen LogP contribution is 2.54. The number of Topliss-reactive ketones (excluding diaryl/α,β-unsaturated/α-hetero) is 2. The molecule has 0 spiro atoms. The number of ether oxygens (including phenoxy) is 1. The monoisotopic (exact) mass is 448 g/mol. The zero-order chi connectivity index (χ0) is 24.2. The minimum Gasteiger partial charge on any atom is -0.511 e. The Bertz CT molecular complexity index is 993. The predicted octanol–water partition coefficient (Wildman–Crippen LogP) is 4.14. The number of carbonyl (C=O) groups is 2. The number of aliphatic hydroxyl groups excluding tert-OH is 4. The smallest absolute Gasteiger partial charge is 0.227 e. The molecule has 8 nitrogen and oxygen atoms in total. The molecule has 0 aromatic heterocycles. The average Bonchev–Trinajstić information content (AvgIpc) is 2.71. The topological polar surface area (TPSA) is 145 Å². The fourth-order valence-corrected chi connectivity index (χ4v) is 4.71. The molecule has 1 saturated heterocycles. The van der Waals surface area contributed by atoms with Crippen molar-refractivity contribution in [2.45, 2.75) is 78.6 Å². The molecule has 5 N–H and O–H groups in total. The highest BCUT2D eigenvalue weighted by molar-refractivity contribution is 6.00. The average molecular weight is 449 g/mol. The lowest BCUT2D eigenvalue weighted by molar-refractivity contribution is -0.185. The van der Waals surface area contributed by atoms with E-state index >= 15 is 0 Å². The van der Waals surface area contributed by atoms with Crippen LogP contribution in [0.4, 0.5) is 0 Å². The molecule has 0 amide bonds. The molecular formula is C24H32O8. The summed E-state index contributed by atoms with van der Waals surface area (Å²) >= 11 is 0. The Morgan fingerprint density at radius 3 is 2.09 bits per heavy atom. The van der Waals surface area contributed by atoms with E-state index in [0.29, 0.717) is 12.8 Å². The van der Waals surface area contributed by atoms with Gasteiger partial charge in [-0.25, -0.2) is 0 Å². The van der Waals surface area contributed by atoms with E-state index in [1.807, 2.05) is 0 Å². The van der Waals surface area contributed by atoms with Gasteiger partial charge in [0, 0.05) is 30.4 Å². The molecule has 0 bridgehead atoms. The summed E-state index contributed by atoms with van der Waals surface area (Å²) in [6.45, 7) is 8.17. The van der Waals surface area contributed by atoms with Gasteiger partial charge in [0.1, 0.15) is 29.1 Å². The van der Waals surface area contributed by atoms with Crippen molar-refractivity contribution in [2.75, 3.05) is 0 Å². The molecule has 1 fully saturated rings. The molecule has 0 aromatic carbocycles. The van der Waals surface area contributed by atoms with Gasteiger partial charge in [0.15, 0.2) is 11.6 Å². The second-order valence-electron chi connectivity index (χ2n) is 9.27. The number of hydrogen-bond acceptors (Lipinski definition) is 8. The third-order valence-corrected chi connectivity index (χ3v) is 6.64. The Labute approximate surface area is 187 Å². The van der Waals surface area contributed by atoms with Gasteiger partial charge >= 0.3 is 0 Å². The molecule has 176 valence electrons. The van der Waals surface area contributed by atoms with Gasteiger partial charge in [0.05, 0.1) is 22.5 Å². The van der Waals surface area contributed by atoms with Gasteiger partial charge in [-0.15, -0.1) is 0 Å². The lowest BCUT2D eigenvalue weighted by Gasteiger charge is -2.48. The molecule has 8 heteroatoms. The van der Waals surface area contributed by atoms with Crippen LogP contribution in [0.2, 0.25) is 0 Å².